The van der Waals surface area contributed by atoms with Crippen LogP contribution in [0.3, 0.4) is 0 Å². The Morgan fingerprint density at radius 1 is 1.23 bits per heavy atom. The fraction of sp³-hybridized carbons (Fsp3) is 0.474. The largest absolute Gasteiger partial charge is 0.490 e. The van der Waals surface area contributed by atoms with Crippen LogP contribution in [-0.4, -0.2) is 24.3 Å². The van der Waals surface area contributed by atoms with Crippen molar-refractivity contribution in [2.75, 3.05) is 18.5 Å². The predicted octanol–water partition coefficient (Wildman–Crippen LogP) is 5.07. The zero-order chi connectivity index (χ0) is 19.3. The first-order valence-corrected chi connectivity index (χ1v) is 9.01. The molecule has 2 rings (SSSR count). The maximum absolute atomic E-state index is 12.6. The lowest BCUT2D eigenvalue weighted by molar-refractivity contribution is 0.102. The molecule has 142 valence electrons. The molecule has 26 heavy (non-hydrogen) atoms. The molecule has 0 saturated heterocycles. The van der Waals surface area contributed by atoms with Gasteiger partial charge < -0.3 is 19.3 Å². The molecule has 0 radical (unpaired) electrons. The second-order valence-electron chi connectivity index (χ2n) is 6.85. The van der Waals surface area contributed by atoms with Crippen LogP contribution in [0.1, 0.15) is 57.2 Å². The number of nitrogens with one attached hydrogen (secondary N) is 1. The Labute approximate surface area is 158 Å². The molecule has 0 fully saturated rings. The Morgan fingerprint density at radius 3 is 2.54 bits per heavy atom. The topological polar surface area (TPSA) is 73.6 Å². The zero-order valence-electron chi connectivity index (χ0n) is 15.8. The summed E-state index contributed by atoms with van der Waals surface area (Å²) in [5.41, 5.74) is 0.155. The number of nitrogens with zero attached hydrogens (tertiary/aromatic N) is 1. The Kier molecular flexibility index (Phi) is 6.53. The first kappa shape index (κ1) is 20.1. The number of benzene rings is 1. The molecule has 0 atom stereocenters. The van der Waals surface area contributed by atoms with Crippen molar-refractivity contribution in [1.82, 2.24) is 5.16 Å². The summed E-state index contributed by atoms with van der Waals surface area (Å²) in [6, 6.07) is 4.87. The van der Waals surface area contributed by atoms with Gasteiger partial charge in [-0.05, 0) is 25.5 Å². The van der Waals surface area contributed by atoms with Gasteiger partial charge in [0.15, 0.2) is 17.3 Å². The maximum atomic E-state index is 12.6. The molecule has 0 aliphatic carbocycles. The Bertz CT molecular complexity index is 765. The van der Waals surface area contributed by atoms with E-state index < -0.39 is 0 Å². The third kappa shape index (κ3) is 4.91. The van der Waals surface area contributed by atoms with Crippen molar-refractivity contribution in [3.05, 3.63) is 34.5 Å². The number of amides is 1. The van der Waals surface area contributed by atoms with E-state index >= 15 is 0 Å². The molecule has 0 spiro atoms. The third-order valence-electron chi connectivity index (χ3n) is 3.51. The van der Waals surface area contributed by atoms with Crippen molar-refractivity contribution < 1.29 is 18.8 Å². The minimum absolute atomic E-state index is 0.195. The molecule has 0 aliphatic rings. The molecule has 2 aromatic rings. The Balaban J connectivity index is 2.24. The van der Waals surface area contributed by atoms with Gasteiger partial charge >= 0.3 is 0 Å². The van der Waals surface area contributed by atoms with Crippen molar-refractivity contribution >= 4 is 23.3 Å². The van der Waals surface area contributed by atoms with Crippen LogP contribution in [0, 0.1) is 0 Å². The highest BCUT2D eigenvalue weighted by Gasteiger charge is 2.21. The van der Waals surface area contributed by atoms with Crippen LogP contribution >= 0.6 is 11.6 Å². The van der Waals surface area contributed by atoms with Gasteiger partial charge in [0.2, 0.25) is 0 Å². The lowest BCUT2D eigenvalue weighted by Gasteiger charge is -2.14. The molecular weight excluding hydrogens is 356 g/mol. The molecule has 0 unspecified atom stereocenters. The van der Waals surface area contributed by atoms with Crippen LogP contribution in [0.15, 0.2) is 22.7 Å². The maximum Gasteiger partial charge on any atom is 0.257 e. The summed E-state index contributed by atoms with van der Waals surface area (Å²) >= 11 is 6.30. The molecule has 0 bridgehead atoms. The summed E-state index contributed by atoms with van der Waals surface area (Å²) in [4.78, 5) is 12.6. The molecular formula is C19H25ClN2O4. The van der Waals surface area contributed by atoms with Crippen molar-refractivity contribution in [3.8, 4) is 11.5 Å². The van der Waals surface area contributed by atoms with Crippen LogP contribution in [0.2, 0.25) is 5.02 Å². The minimum Gasteiger partial charge on any atom is -0.490 e. The molecule has 1 N–H and O–H groups in total. The standard InChI is InChI=1S/C19H25ClN2O4/c1-6-8-25-17-13(20)9-12(10-14(17)24-7-2)18(23)21-16-11-15(26-22-16)19(3,4)5/h9-11H,6-8H2,1-5H3,(H,21,22,23). The van der Waals surface area contributed by atoms with Crippen LogP contribution < -0.4 is 14.8 Å². The fourth-order valence-corrected chi connectivity index (χ4v) is 2.45. The van der Waals surface area contributed by atoms with E-state index in [4.69, 9.17) is 25.6 Å². The number of ether oxygens (including phenoxy) is 2. The molecule has 7 heteroatoms. The Hall–Kier alpha value is -2.21. The number of anilines is 1. The average Bonchev–Trinajstić information content (AvgIpc) is 3.03. The van der Waals surface area contributed by atoms with Crippen molar-refractivity contribution in [3.63, 3.8) is 0 Å². The van der Waals surface area contributed by atoms with E-state index in [9.17, 15) is 4.79 Å². The van der Waals surface area contributed by atoms with E-state index in [0.717, 1.165) is 6.42 Å². The molecule has 1 aromatic heterocycles. The predicted molar refractivity (Wildman–Crippen MR) is 102 cm³/mol. The highest BCUT2D eigenvalue weighted by molar-refractivity contribution is 6.32. The first-order valence-electron chi connectivity index (χ1n) is 8.64. The summed E-state index contributed by atoms with van der Waals surface area (Å²) < 4.78 is 16.5. The lowest BCUT2D eigenvalue weighted by atomic mass is 9.93. The number of rotatable bonds is 7. The van der Waals surface area contributed by atoms with Crippen LogP contribution in [0.25, 0.3) is 0 Å². The van der Waals surface area contributed by atoms with Gasteiger partial charge in [-0.25, -0.2) is 0 Å². The molecule has 0 aliphatic heterocycles. The SMILES string of the molecule is CCCOc1c(Cl)cc(C(=O)Nc2cc(C(C)(C)C)on2)cc1OCC. The van der Waals surface area contributed by atoms with Gasteiger partial charge in [0.25, 0.3) is 5.91 Å². The minimum atomic E-state index is -0.358. The van der Waals surface area contributed by atoms with Gasteiger partial charge in [-0.1, -0.05) is 44.5 Å². The first-order chi connectivity index (χ1) is 12.3. The molecule has 0 saturated carbocycles. The second kappa shape index (κ2) is 8.45. The summed E-state index contributed by atoms with van der Waals surface area (Å²) in [7, 11) is 0. The summed E-state index contributed by atoms with van der Waals surface area (Å²) in [6.07, 6.45) is 0.840. The zero-order valence-corrected chi connectivity index (χ0v) is 16.6. The number of hydrogen-bond acceptors (Lipinski definition) is 5. The van der Waals surface area contributed by atoms with E-state index in [1.54, 1.807) is 18.2 Å². The monoisotopic (exact) mass is 380 g/mol. The van der Waals surface area contributed by atoms with Crippen LogP contribution in [-0.2, 0) is 5.41 Å². The molecule has 1 aromatic carbocycles. The van der Waals surface area contributed by atoms with E-state index in [2.05, 4.69) is 10.5 Å². The molecule has 1 amide bonds. The molecule has 6 nitrogen and oxygen atoms in total. The fourth-order valence-electron chi connectivity index (χ4n) is 2.18. The number of aromatic nitrogens is 1. The van der Waals surface area contributed by atoms with Gasteiger partial charge in [-0.2, -0.15) is 0 Å². The van der Waals surface area contributed by atoms with Gasteiger partial charge in [-0.15, -0.1) is 0 Å². The number of carbonyl (C=O) groups is 1. The quantitative estimate of drug-likeness (QED) is 0.726. The van der Waals surface area contributed by atoms with Crippen molar-refractivity contribution in [2.45, 2.75) is 46.5 Å². The highest BCUT2D eigenvalue weighted by Crippen LogP contribution is 2.37. The van der Waals surface area contributed by atoms with Crippen molar-refractivity contribution in [1.29, 1.82) is 0 Å². The van der Waals surface area contributed by atoms with E-state index in [1.165, 1.54) is 0 Å². The molecule has 1 heterocycles. The highest BCUT2D eigenvalue weighted by atomic mass is 35.5. The van der Waals surface area contributed by atoms with Gasteiger partial charge in [0.05, 0.1) is 18.2 Å². The van der Waals surface area contributed by atoms with E-state index in [0.29, 0.717) is 46.9 Å². The van der Waals surface area contributed by atoms with Crippen LogP contribution in [0.4, 0.5) is 5.82 Å². The van der Waals surface area contributed by atoms with Gasteiger partial charge in [0, 0.05) is 17.0 Å². The summed E-state index contributed by atoms with van der Waals surface area (Å²) in [6.45, 7) is 10.8. The summed E-state index contributed by atoms with van der Waals surface area (Å²) in [5, 5.41) is 6.93. The number of halogens is 1. The Morgan fingerprint density at radius 2 is 1.96 bits per heavy atom. The van der Waals surface area contributed by atoms with E-state index in [1.807, 2.05) is 34.6 Å². The number of carbonyl (C=O) groups excluding carboxylic acids is 1. The van der Waals surface area contributed by atoms with Crippen molar-refractivity contribution in [2.24, 2.45) is 0 Å². The van der Waals surface area contributed by atoms with Crippen LogP contribution in [0.5, 0.6) is 11.5 Å². The number of hydrogen-bond donors (Lipinski definition) is 1. The smallest absolute Gasteiger partial charge is 0.257 e. The second-order valence-corrected chi connectivity index (χ2v) is 7.25. The van der Waals surface area contributed by atoms with Gasteiger partial charge in [-0.3, -0.25) is 4.79 Å². The third-order valence-corrected chi connectivity index (χ3v) is 3.79. The lowest BCUT2D eigenvalue weighted by Crippen LogP contribution is -2.13. The normalized spacial score (nSPS) is 11.3. The summed E-state index contributed by atoms with van der Waals surface area (Å²) in [5.74, 6) is 1.56. The van der Waals surface area contributed by atoms with Gasteiger partial charge in [0.1, 0.15) is 5.76 Å². The average molecular weight is 381 g/mol. The van der Waals surface area contributed by atoms with E-state index in [-0.39, 0.29) is 11.3 Å².